The van der Waals surface area contributed by atoms with Crippen molar-refractivity contribution < 1.29 is 9.53 Å². The van der Waals surface area contributed by atoms with E-state index in [0.29, 0.717) is 17.4 Å². The van der Waals surface area contributed by atoms with Gasteiger partial charge >= 0.3 is 5.97 Å². The van der Waals surface area contributed by atoms with Gasteiger partial charge in [-0.25, -0.2) is 4.79 Å². The predicted molar refractivity (Wildman–Crippen MR) is 93.9 cm³/mol. The zero-order valence-corrected chi connectivity index (χ0v) is 15.9. The first-order chi connectivity index (χ1) is 11.0. The third kappa shape index (κ3) is 2.33. The molecule has 132 valence electrons. The second-order valence-electron chi connectivity index (χ2n) is 9.94. The first-order valence-corrected chi connectivity index (χ1v) is 9.26. The highest BCUT2D eigenvalue weighted by Gasteiger charge is 2.66. The van der Waals surface area contributed by atoms with E-state index in [-0.39, 0.29) is 22.2 Å². The molecular weight excluding hydrogens is 298 g/mol. The summed E-state index contributed by atoms with van der Waals surface area (Å²) in [6.07, 6.45) is 6.87. The largest absolute Gasteiger partial charge is 0.456 e. The normalized spacial score (nSPS) is 37.8. The molecule has 4 saturated carbocycles. The maximum atomic E-state index is 12.2. The molecule has 0 heterocycles. The van der Waals surface area contributed by atoms with Crippen LogP contribution in [0.25, 0.3) is 0 Å². The molecular formula is C21H31NO2. The molecule has 4 bridgehead atoms. The Bertz CT molecular complexity index is 608. The second kappa shape index (κ2) is 5.10. The summed E-state index contributed by atoms with van der Waals surface area (Å²) in [5.74, 6) is 1.05. The zero-order chi connectivity index (χ0) is 18.0. The minimum absolute atomic E-state index is 0.00366. The summed E-state index contributed by atoms with van der Waals surface area (Å²) in [4.78, 5) is 12.2. The van der Waals surface area contributed by atoms with E-state index >= 15 is 0 Å². The van der Waals surface area contributed by atoms with Crippen molar-refractivity contribution in [1.82, 2.24) is 0 Å². The molecule has 24 heavy (non-hydrogen) atoms. The van der Waals surface area contributed by atoms with Crippen LogP contribution in [0.15, 0.2) is 12.2 Å². The van der Waals surface area contributed by atoms with Gasteiger partial charge in [-0.3, -0.25) is 0 Å². The van der Waals surface area contributed by atoms with Crippen LogP contribution in [-0.4, -0.2) is 11.6 Å². The minimum Gasteiger partial charge on any atom is -0.456 e. The van der Waals surface area contributed by atoms with Crippen molar-refractivity contribution in [3.63, 3.8) is 0 Å². The Balaban J connectivity index is 1.98. The van der Waals surface area contributed by atoms with Crippen LogP contribution in [0.4, 0.5) is 0 Å². The lowest BCUT2D eigenvalue weighted by atomic mass is 9.37. The van der Waals surface area contributed by atoms with Crippen LogP contribution in [0.5, 0.6) is 0 Å². The number of carbonyl (C=O) groups excluding carboxylic acids is 1. The van der Waals surface area contributed by atoms with E-state index in [2.05, 4.69) is 40.3 Å². The third-order valence-electron chi connectivity index (χ3n) is 7.64. The number of nitrogens with zero attached hydrogens (tertiary/aromatic N) is 1. The van der Waals surface area contributed by atoms with Crippen LogP contribution < -0.4 is 0 Å². The topological polar surface area (TPSA) is 50.1 Å². The fraction of sp³-hybridized carbons (Fsp3) is 0.810. The van der Waals surface area contributed by atoms with Gasteiger partial charge in [-0.2, -0.15) is 5.26 Å². The highest BCUT2D eigenvalue weighted by atomic mass is 16.6. The number of hydrogen-bond acceptors (Lipinski definition) is 3. The predicted octanol–water partition coefficient (Wildman–Crippen LogP) is 5.02. The highest BCUT2D eigenvalue weighted by Crippen LogP contribution is 2.72. The lowest BCUT2D eigenvalue weighted by Crippen LogP contribution is -2.63. The first kappa shape index (κ1) is 17.5. The van der Waals surface area contributed by atoms with Crippen LogP contribution in [0.1, 0.15) is 73.1 Å². The van der Waals surface area contributed by atoms with Crippen molar-refractivity contribution in [3.05, 3.63) is 12.2 Å². The molecule has 0 spiro atoms. The molecule has 0 aromatic rings. The number of nitriles is 1. The molecule has 0 radical (unpaired) electrons. The molecule has 4 fully saturated rings. The van der Waals surface area contributed by atoms with Crippen LogP contribution in [0.3, 0.4) is 0 Å². The molecule has 4 aliphatic rings. The molecule has 3 heteroatoms. The lowest BCUT2D eigenvalue weighted by Gasteiger charge is -2.68. The maximum Gasteiger partial charge on any atom is 0.333 e. The molecule has 2 atom stereocenters. The molecule has 3 nitrogen and oxygen atoms in total. The Labute approximate surface area is 146 Å². The maximum absolute atomic E-state index is 12.2. The van der Waals surface area contributed by atoms with Crippen LogP contribution >= 0.6 is 0 Å². The Hall–Kier alpha value is -1.30. The SMILES string of the molecule is C=C(C)C(=O)OC(C)(C)C12CC3CC(CC(C(C)(C)C#N)(C3)C1)C2. The van der Waals surface area contributed by atoms with Crippen molar-refractivity contribution in [2.75, 3.05) is 0 Å². The fourth-order valence-electron chi connectivity index (χ4n) is 6.24. The summed E-state index contributed by atoms with van der Waals surface area (Å²) in [7, 11) is 0. The summed E-state index contributed by atoms with van der Waals surface area (Å²) in [5, 5.41) is 9.81. The summed E-state index contributed by atoms with van der Waals surface area (Å²) in [6.45, 7) is 13.8. The number of ether oxygens (including phenoxy) is 1. The lowest BCUT2D eigenvalue weighted by molar-refractivity contribution is -0.225. The van der Waals surface area contributed by atoms with E-state index in [4.69, 9.17) is 4.74 Å². The van der Waals surface area contributed by atoms with Crippen molar-refractivity contribution in [3.8, 4) is 6.07 Å². The standard InChI is InChI=1S/C21H31NO2/c1-14(2)17(23)24-19(5,6)21-10-15-7-16(11-21)9-20(8-15,12-21)18(3,4)13-22/h15-16H,1,7-12H2,2-6H3. The van der Waals surface area contributed by atoms with Crippen LogP contribution in [-0.2, 0) is 9.53 Å². The molecule has 0 N–H and O–H groups in total. The highest BCUT2D eigenvalue weighted by molar-refractivity contribution is 5.87. The summed E-state index contributed by atoms with van der Waals surface area (Å²) < 4.78 is 5.95. The van der Waals surface area contributed by atoms with E-state index in [1.54, 1.807) is 6.92 Å². The Morgan fingerprint density at radius 1 is 1.12 bits per heavy atom. The summed E-state index contributed by atoms with van der Waals surface area (Å²) in [6, 6.07) is 2.60. The van der Waals surface area contributed by atoms with Gasteiger partial charge in [0.2, 0.25) is 0 Å². The second-order valence-corrected chi connectivity index (χ2v) is 9.94. The van der Waals surface area contributed by atoms with Crippen molar-refractivity contribution in [2.45, 2.75) is 78.7 Å². The molecule has 0 aromatic heterocycles. The smallest absolute Gasteiger partial charge is 0.333 e. The number of hydrogen-bond donors (Lipinski definition) is 0. The summed E-state index contributed by atoms with van der Waals surface area (Å²) >= 11 is 0. The average Bonchev–Trinajstić information content (AvgIpc) is 2.45. The number of carbonyl (C=O) groups is 1. The third-order valence-corrected chi connectivity index (χ3v) is 7.64. The molecule has 2 unspecified atom stereocenters. The van der Waals surface area contributed by atoms with E-state index in [1.807, 2.05) is 0 Å². The Morgan fingerprint density at radius 2 is 1.62 bits per heavy atom. The monoisotopic (exact) mass is 329 g/mol. The van der Waals surface area contributed by atoms with Crippen molar-refractivity contribution >= 4 is 5.97 Å². The van der Waals surface area contributed by atoms with Gasteiger partial charge in [0.1, 0.15) is 5.60 Å². The molecule has 4 rings (SSSR count). The van der Waals surface area contributed by atoms with Gasteiger partial charge in [-0.05, 0) is 90.4 Å². The molecule has 0 saturated heterocycles. The van der Waals surface area contributed by atoms with E-state index in [0.717, 1.165) is 32.1 Å². The summed E-state index contributed by atoms with van der Waals surface area (Å²) in [5.41, 5.74) is -0.322. The zero-order valence-electron chi connectivity index (χ0n) is 15.9. The molecule has 0 aromatic carbocycles. The Morgan fingerprint density at radius 3 is 2.08 bits per heavy atom. The Kier molecular flexibility index (Phi) is 3.72. The molecule has 0 aliphatic heterocycles. The van der Waals surface area contributed by atoms with Crippen LogP contribution in [0.2, 0.25) is 0 Å². The van der Waals surface area contributed by atoms with Crippen LogP contribution in [0, 0.1) is 39.4 Å². The van der Waals surface area contributed by atoms with Gasteiger partial charge in [-0.1, -0.05) is 6.58 Å². The molecule has 4 aliphatic carbocycles. The van der Waals surface area contributed by atoms with E-state index in [1.165, 1.54) is 6.42 Å². The first-order valence-electron chi connectivity index (χ1n) is 9.26. The van der Waals surface area contributed by atoms with Gasteiger partial charge in [0.05, 0.1) is 11.5 Å². The van der Waals surface area contributed by atoms with Crippen molar-refractivity contribution in [1.29, 1.82) is 5.26 Å². The van der Waals surface area contributed by atoms with E-state index in [9.17, 15) is 10.1 Å². The van der Waals surface area contributed by atoms with Gasteiger partial charge in [0.15, 0.2) is 0 Å². The van der Waals surface area contributed by atoms with E-state index < -0.39 is 5.60 Å². The van der Waals surface area contributed by atoms with Gasteiger partial charge < -0.3 is 4.74 Å². The quantitative estimate of drug-likeness (QED) is 0.537. The average molecular weight is 329 g/mol. The van der Waals surface area contributed by atoms with Crippen molar-refractivity contribution in [2.24, 2.45) is 28.1 Å². The molecule has 0 amide bonds. The number of esters is 1. The fourth-order valence-corrected chi connectivity index (χ4v) is 6.24. The van der Waals surface area contributed by atoms with Gasteiger partial charge in [0.25, 0.3) is 0 Å². The van der Waals surface area contributed by atoms with Gasteiger partial charge in [0, 0.05) is 11.0 Å². The minimum atomic E-state index is -0.516. The van der Waals surface area contributed by atoms with Gasteiger partial charge in [-0.15, -0.1) is 0 Å². The number of rotatable bonds is 4.